The van der Waals surface area contributed by atoms with Crippen LogP contribution in [0.2, 0.25) is 0 Å². The normalized spacial score (nSPS) is 18.4. The van der Waals surface area contributed by atoms with Crippen LogP contribution in [0.3, 0.4) is 0 Å². The smallest absolute Gasteiger partial charge is 0.254 e. The number of piperazine rings is 1. The molecule has 7 heteroatoms. The van der Waals surface area contributed by atoms with Gasteiger partial charge >= 0.3 is 0 Å². The van der Waals surface area contributed by atoms with Crippen molar-refractivity contribution in [3.8, 4) is 5.75 Å². The van der Waals surface area contributed by atoms with Gasteiger partial charge in [0.25, 0.3) is 5.91 Å². The zero-order valence-electron chi connectivity index (χ0n) is 11.7. The Hall–Kier alpha value is -1.60. The maximum Gasteiger partial charge on any atom is 0.254 e. The van der Waals surface area contributed by atoms with Crippen LogP contribution in [0.1, 0.15) is 17.3 Å². The Labute approximate surface area is 131 Å². The number of aromatic hydroxyl groups is 1. The molecule has 1 saturated heterocycles. The molecular weight excluding hydrogens is 338 g/mol. The summed E-state index contributed by atoms with van der Waals surface area (Å²) in [6.45, 7) is 3.89. The van der Waals surface area contributed by atoms with Gasteiger partial charge in [0.05, 0.1) is 4.47 Å². The Morgan fingerprint density at radius 2 is 2.29 bits per heavy atom. The van der Waals surface area contributed by atoms with Crippen molar-refractivity contribution in [2.24, 2.45) is 0 Å². The molecule has 1 aromatic rings. The van der Waals surface area contributed by atoms with Crippen molar-refractivity contribution in [1.29, 1.82) is 0 Å². The third-order valence-corrected chi connectivity index (χ3v) is 4.02. The molecule has 6 nitrogen and oxygen atoms in total. The Balaban J connectivity index is 2.21. The summed E-state index contributed by atoms with van der Waals surface area (Å²) >= 11 is 3.18. The lowest BCUT2D eigenvalue weighted by molar-refractivity contribution is -0.126. The summed E-state index contributed by atoms with van der Waals surface area (Å²) in [5, 5.41) is 15.6. The highest BCUT2D eigenvalue weighted by Gasteiger charge is 2.32. The molecule has 114 valence electrons. The van der Waals surface area contributed by atoms with Gasteiger partial charge < -0.3 is 20.6 Å². The van der Waals surface area contributed by atoms with Crippen LogP contribution < -0.4 is 10.6 Å². The number of halogens is 1. The quantitative estimate of drug-likeness (QED) is 0.745. The SMILES string of the molecule is CCNC(=O)C1CNCCN1C(=O)c1ccc(Br)c(O)c1. The Bertz CT molecular complexity index is 550. The third kappa shape index (κ3) is 3.54. The summed E-state index contributed by atoms with van der Waals surface area (Å²) in [5.41, 5.74) is 0.367. The first kappa shape index (κ1) is 15.8. The molecular formula is C14H18BrN3O3. The minimum Gasteiger partial charge on any atom is -0.507 e. The molecule has 1 aliphatic heterocycles. The molecule has 1 aliphatic rings. The van der Waals surface area contributed by atoms with Gasteiger partial charge in [0.15, 0.2) is 0 Å². The average molecular weight is 356 g/mol. The fraction of sp³-hybridized carbons (Fsp3) is 0.429. The summed E-state index contributed by atoms with van der Waals surface area (Å²) in [6.07, 6.45) is 0. The molecule has 2 rings (SSSR count). The number of carbonyl (C=O) groups is 2. The molecule has 0 aliphatic carbocycles. The molecule has 3 N–H and O–H groups in total. The zero-order valence-corrected chi connectivity index (χ0v) is 13.3. The number of hydrogen-bond donors (Lipinski definition) is 3. The Morgan fingerprint density at radius 3 is 2.95 bits per heavy atom. The van der Waals surface area contributed by atoms with Crippen molar-refractivity contribution in [2.75, 3.05) is 26.2 Å². The van der Waals surface area contributed by atoms with Crippen LogP contribution in [-0.2, 0) is 4.79 Å². The summed E-state index contributed by atoms with van der Waals surface area (Å²) in [5.74, 6) is -0.416. The van der Waals surface area contributed by atoms with E-state index in [9.17, 15) is 14.7 Å². The number of phenolic OH excluding ortho intramolecular Hbond substituents is 1. The number of amides is 2. The number of benzene rings is 1. The first-order valence-electron chi connectivity index (χ1n) is 6.82. The van der Waals surface area contributed by atoms with E-state index < -0.39 is 6.04 Å². The maximum atomic E-state index is 12.6. The van der Waals surface area contributed by atoms with E-state index in [0.29, 0.717) is 36.2 Å². The van der Waals surface area contributed by atoms with E-state index in [2.05, 4.69) is 26.6 Å². The van der Waals surface area contributed by atoms with Crippen LogP contribution in [0, 0.1) is 0 Å². The van der Waals surface area contributed by atoms with Crippen LogP contribution in [0.15, 0.2) is 22.7 Å². The van der Waals surface area contributed by atoms with Crippen molar-refractivity contribution in [3.63, 3.8) is 0 Å². The Morgan fingerprint density at radius 1 is 1.52 bits per heavy atom. The van der Waals surface area contributed by atoms with Gasteiger partial charge in [-0.05, 0) is 41.1 Å². The standard InChI is InChI=1S/C14H18BrN3O3/c1-2-17-13(20)11-8-16-5-6-18(11)14(21)9-3-4-10(15)12(19)7-9/h3-4,7,11,16,19H,2,5-6,8H2,1H3,(H,17,20). The first-order valence-corrected chi connectivity index (χ1v) is 7.61. The Kier molecular flexibility index (Phi) is 5.19. The lowest BCUT2D eigenvalue weighted by Gasteiger charge is -2.35. The monoisotopic (exact) mass is 355 g/mol. The van der Waals surface area contributed by atoms with E-state index in [1.165, 1.54) is 6.07 Å². The molecule has 0 bridgehead atoms. The first-order chi connectivity index (χ1) is 10.0. The van der Waals surface area contributed by atoms with E-state index >= 15 is 0 Å². The molecule has 0 spiro atoms. The lowest BCUT2D eigenvalue weighted by Crippen LogP contribution is -2.59. The molecule has 0 aromatic heterocycles. The number of hydrogen-bond acceptors (Lipinski definition) is 4. The fourth-order valence-electron chi connectivity index (χ4n) is 2.29. The zero-order chi connectivity index (χ0) is 15.4. The van der Waals surface area contributed by atoms with Crippen molar-refractivity contribution in [3.05, 3.63) is 28.2 Å². The number of likely N-dealkylation sites (N-methyl/N-ethyl adjacent to an activating group) is 1. The van der Waals surface area contributed by atoms with E-state index in [1.807, 2.05) is 6.92 Å². The van der Waals surface area contributed by atoms with Gasteiger partial charge in [-0.15, -0.1) is 0 Å². The van der Waals surface area contributed by atoms with Crippen LogP contribution in [-0.4, -0.2) is 54.0 Å². The van der Waals surface area contributed by atoms with Crippen LogP contribution in [0.25, 0.3) is 0 Å². The van der Waals surface area contributed by atoms with Crippen LogP contribution >= 0.6 is 15.9 Å². The number of phenols is 1. The number of carbonyl (C=O) groups excluding carboxylic acids is 2. The predicted octanol–water partition coefficient (Wildman–Crippen LogP) is 0.705. The summed E-state index contributed by atoms with van der Waals surface area (Å²) < 4.78 is 0.527. The van der Waals surface area contributed by atoms with Gasteiger partial charge in [0.1, 0.15) is 11.8 Å². The predicted molar refractivity (Wildman–Crippen MR) is 82.2 cm³/mol. The molecule has 1 fully saturated rings. The van der Waals surface area contributed by atoms with Crippen LogP contribution in [0.4, 0.5) is 0 Å². The highest BCUT2D eigenvalue weighted by molar-refractivity contribution is 9.10. The second kappa shape index (κ2) is 6.91. The largest absolute Gasteiger partial charge is 0.507 e. The highest BCUT2D eigenvalue weighted by Crippen LogP contribution is 2.25. The van der Waals surface area contributed by atoms with Gasteiger partial charge in [-0.2, -0.15) is 0 Å². The lowest BCUT2D eigenvalue weighted by atomic mass is 10.1. The topological polar surface area (TPSA) is 81.7 Å². The van der Waals surface area contributed by atoms with Gasteiger partial charge in [0.2, 0.25) is 5.91 Å². The maximum absolute atomic E-state index is 12.6. The molecule has 21 heavy (non-hydrogen) atoms. The molecule has 1 unspecified atom stereocenters. The average Bonchev–Trinajstić information content (AvgIpc) is 2.49. The second-order valence-corrected chi connectivity index (χ2v) is 5.63. The van der Waals surface area contributed by atoms with Crippen molar-refractivity contribution >= 4 is 27.7 Å². The van der Waals surface area contributed by atoms with Gasteiger partial charge in [-0.3, -0.25) is 9.59 Å². The minimum absolute atomic E-state index is 0.00513. The second-order valence-electron chi connectivity index (χ2n) is 4.78. The molecule has 0 radical (unpaired) electrons. The molecule has 1 atom stereocenters. The van der Waals surface area contributed by atoms with Gasteiger partial charge in [0, 0.05) is 31.7 Å². The molecule has 1 aromatic carbocycles. The van der Waals surface area contributed by atoms with Gasteiger partial charge in [-0.25, -0.2) is 0 Å². The van der Waals surface area contributed by atoms with Crippen LogP contribution in [0.5, 0.6) is 5.75 Å². The van der Waals surface area contributed by atoms with Crippen molar-refractivity contribution in [2.45, 2.75) is 13.0 Å². The third-order valence-electron chi connectivity index (χ3n) is 3.35. The number of nitrogens with zero attached hydrogens (tertiary/aromatic N) is 1. The molecule has 1 heterocycles. The number of nitrogens with one attached hydrogen (secondary N) is 2. The van der Waals surface area contributed by atoms with E-state index in [0.717, 1.165) is 0 Å². The molecule has 0 saturated carbocycles. The van der Waals surface area contributed by atoms with E-state index in [4.69, 9.17) is 0 Å². The van der Waals surface area contributed by atoms with E-state index in [1.54, 1.807) is 17.0 Å². The highest BCUT2D eigenvalue weighted by atomic mass is 79.9. The van der Waals surface area contributed by atoms with E-state index in [-0.39, 0.29) is 17.6 Å². The number of rotatable bonds is 3. The van der Waals surface area contributed by atoms with Crippen molar-refractivity contribution in [1.82, 2.24) is 15.5 Å². The molecule has 2 amide bonds. The summed E-state index contributed by atoms with van der Waals surface area (Å²) in [7, 11) is 0. The summed E-state index contributed by atoms with van der Waals surface area (Å²) in [6, 6.07) is 4.12. The minimum atomic E-state index is -0.531. The van der Waals surface area contributed by atoms with Crippen molar-refractivity contribution < 1.29 is 14.7 Å². The fourth-order valence-corrected chi connectivity index (χ4v) is 2.53. The summed E-state index contributed by atoms with van der Waals surface area (Å²) in [4.78, 5) is 26.2. The van der Waals surface area contributed by atoms with Gasteiger partial charge in [-0.1, -0.05) is 0 Å².